The maximum absolute atomic E-state index is 13.5. The van der Waals surface area contributed by atoms with Crippen LogP contribution in [0.3, 0.4) is 0 Å². The molecule has 0 aliphatic carbocycles. The van der Waals surface area contributed by atoms with Gasteiger partial charge in [0.15, 0.2) is 11.6 Å². The predicted octanol–water partition coefficient (Wildman–Crippen LogP) is 3.88. The fourth-order valence-corrected chi connectivity index (χ4v) is 1.37. The van der Waals surface area contributed by atoms with Gasteiger partial charge < -0.3 is 4.74 Å². The van der Waals surface area contributed by atoms with Gasteiger partial charge in [-0.15, -0.1) is 0 Å². The predicted molar refractivity (Wildman–Crippen MR) is 56.2 cm³/mol. The second kappa shape index (κ2) is 4.60. The van der Waals surface area contributed by atoms with E-state index in [0.717, 1.165) is 6.07 Å². The lowest BCUT2D eigenvalue weighted by atomic mass is 10.0. The van der Waals surface area contributed by atoms with Crippen molar-refractivity contribution in [2.45, 2.75) is 39.7 Å². The summed E-state index contributed by atoms with van der Waals surface area (Å²) in [7, 11) is 0. The van der Waals surface area contributed by atoms with Gasteiger partial charge in [0.25, 0.3) is 0 Å². The highest BCUT2D eigenvalue weighted by molar-refractivity contribution is 5.37. The molecule has 0 aromatic heterocycles. The van der Waals surface area contributed by atoms with Gasteiger partial charge >= 0.3 is 0 Å². The van der Waals surface area contributed by atoms with Crippen LogP contribution in [-0.2, 0) is 0 Å². The fourth-order valence-electron chi connectivity index (χ4n) is 1.37. The molecule has 0 saturated heterocycles. The van der Waals surface area contributed by atoms with Gasteiger partial charge in [-0.05, 0) is 25.8 Å². The largest absolute Gasteiger partial charge is 0.488 e. The number of hydrogen-bond acceptors (Lipinski definition) is 1. The van der Waals surface area contributed by atoms with Crippen molar-refractivity contribution in [3.05, 3.63) is 29.3 Å². The summed E-state index contributed by atoms with van der Waals surface area (Å²) >= 11 is 0. The summed E-state index contributed by atoms with van der Waals surface area (Å²) in [6.45, 7) is 7.38. The second-order valence-electron chi connectivity index (χ2n) is 4.13. The molecule has 0 aliphatic rings. The normalized spacial score (nSPS) is 11.2. The number of hydrogen-bond donors (Lipinski definition) is 0. The van der Waals surface area contributed by atoms with E-state index in [2.05, 4.69) is 0 Å². The van der Waals surface area contributed by atoms with Crippen molar-refractivity contribution in [1.82, 2.24) is 0 Å². The van der Waals surface area contributed by atoms with E-state index in [1.807, 2.05) is 27.7 Å². The van der Waals surface area contributed by atoms with Gasteiger partial charge in [-0.3, -0.25) is 0 Å². The Labute approximate surface area is 89.1 Å². The van der Waals surface area contributed by atoms with Crippen LogP contribution in [0.2, 0.25) is 0 Å². The molecule has 0 radical (unpaired) electrons. The minimum Gasteiger partial charge on any atom is -0.488 e. The zero-order valence-electron chi connectivity index (χ0n) is 9.47. The molecule has 0 fully saturated rings. The zero-order chi connectivity index (χ0) is 11.6. The highest BCUT2D eigenvalue weighted by atomic mass is 19.1. The van der Waals surface area contributed by atoms with E-state index in [1.54, 1.807) is 0 Å². The Balaban J connectivity index is 3.21. The van der Waals surface area contributed by atoms with Gasteiger partial charge in [-0.25, -0.2) is 8.78 Å². The van der Waals surface area contributed by atoms with Crippen LogP contribution in [0.1, 0.15) is 39.2 Å². The van der Waals surface area contributed by atoms with Crippen molar-refractivity contribution in [1.29, 1.82) is 0 Å². The van der Waals surface area contributed by atoms with Crippen molar-refractivity contribution in [2.24, 2.45) is 0 Å². The number of ether oxygens (including phenoxy) is 1. The number of halogens is 2. The molecule has 0 saturated carbocycles. The zero-order valence-corrected chi connectivity index (χ0v) is 9.47. The van der Waals surface area contributed by atoms with Gasteiger partial charge in [0.1, 0.15) is 5.82 Å². The van der Waals surface area contributed by atoms with E-state index >= 15 is 0 Å². The lowest BCUT2D eigenvalue weighted by Gasteiger charge is -2.17. The third-order valence-electron chi connectivity index (χ3n) is 2.01. The van der Waals surface area contributed by atoms with Crippen LogP contribution in [0.5, 0.6) is 5.75 Å². The Hall–Kier alpha value is -1.12. The molecule has 1 nitrogen and oxygen atoms in total. The molecule has 0 spiro atoms. The summed E-state index contributed by atoms with van der Waals surface area (Å²) < 4.78 is 31.8. The first kappa shape index (κ1) is 12.0. The molecule has 0 amide bonds. The molecule has 84 valence electrons. The van der Waals surface area contributed by atoms with E-state index in [-0.39, 0.29) is 17.8 Å². The maximum atomic E-state index is 13.5. The molecule has 3 heteroatoms. The van der Waals surface area contributed by atoms with Gasteiger partial charge in [0.2, 0.25) is 0 Å². The SMILES string of the molecule is CC(C)Oc1c(F)cc(F)cc1C(C)C. The molecular weight excluding hydrogens is 198 g/mol. The Morgan fingerprint density at radius 1 is 1.07 bits per heavy atom. The first-order valence-electron chi connectivity index (χ1n) is 5.07. The number of benzene rings is 1. The van der Waals surface area contributed by atoms with Crippen LogP contribution in [0.4, 0.5) is 8.78 Å². The standard InChI is InChI=1S/C12H16F2O/c1-7(2)10-5-9(13)6-11(14)12(10)15-8(3)4/h5-8H,1-4H3. The molecule has 0 atom stereocenters. The van der Waals surface area contributed by atoms with Gasteiger partial charge in [0.05, 0.1) is 6.10 Å². The smallest absolute Gasteiger partial charge is 0.168 e. The lowest BCUT2D eigenvalue weighted by molar-refractivity contribution is 0.227. The summed E-state index contributed by atoms with van der Waals surface area (Å²) in [5.74, 6) is -0.995. The first-order valence-corrected chi connectivity index (χ1v) is 5.07. The molecule has 0 heterocycles. The molecule has 0 N–H and O–H groups in total. The van der Waals surface area contributed by atoms with Crippen molar-refractivity contribution in [3.63, 3.8) is 0 Å². The second-order valence-corrected chi connectivity index (χ2v) is 4.13. The van der Waals surface area contributed by atoms with Crippen LogP contribution in [-0.4, -0.2) is 6.10 Å². The van der Waals surface area contributed by atoms with Crippen molar-refractivity contribution < 1.29 is 13.5 Å². The Bertz CT molecular complexity index is 346. The highest BCUT2D eigenvalue weighted by Gasteiger charge is 2.16. The Kier molecular flexibility index (Phi) is 3.66. The minimum absolute atomic E-state index is 0.0314. The topological polar surface area (TPSA) is 9.23 Å². The minimum atomic E-state index is -0.632. The first-order chi connectivity index (χ1) is 6.91. The van der Waals surface area contributed by atoms with Gasteiger partial charge in [-0.1, -0.05) is 13.8 Å². The fraction of sp³-hybridized carbons (Fsp3) is 0.500. The van der Waals surface area contributed by atoms with Crippen LogP contribution < -0.4 is 4.74 Å². The Morgan fingerprint density at radius 2 is 1.67 bits per heavy atom. The number of rotatable bonds is 3. The average molecular weight is 214 g/mol. The molecular formula is C12H16F2O. The van der Waals surface area contributed by atoms with Gasteiger partial charge in [0, 0.05) is 11.6 Å². The highest BCUT2D eigenvalue weighted by Crippen LogP contribution is 2.31. The van der Waals surface area contributed by atoms with E-state index < -0.39 is 11.6 Å². The summed E-state index contributed by atoms with van der Waals surface area (Å²) in [5, 5.41) is 0. The van der Waals surface area contributed by atoms with E-state index in [0.29, 0.717) is 5.56 Å². The van der Waals surface area contributed by atoms with Crippen molar-refractivity contribution in [3.8, 4) is 5.75 Å². The van der Waals surface area contributed by atoms with E-state index in [1.165, 1.54) is 6.07 Å². The molecule has 0 aliphatic heterocycles. The molecule has 1 aromatic carbocycles. The maximum Gasteiger partial charge on any atom is 0.168 e. The van der Waals surface area contributed by atoms with E-state index in [4.69, 9.17) is 4.74 Å². The van der Waals surface area contributed by atoms with E-state index in [9.17, 15) is 8.78 Å². The average Bonchev–Trinajstić information content (AvgIpc) is 2.08. The summed E-state index contributed by atoms with van der Waals surface area (Å²) in [5.41, 5.74) is 0.571. The molecule has 15 heavy (non-hydrogen) atoms. The lowest BCUT2D eigenvalue weighted by Crippen LogP contribution is -2.10. The molecule has 0 unspecified atom stereocenters. The van der Waals surface area contributed by atoms with Crippen molar-refractivity contribution in [2.75, 3.05) is 0 Å². The summed E-state index contributed by atoms with van der Waals surface area (Å²) in [6, 6.07) is 2.18. The van der Waals surface area contributed by atoms with Crippen LogP contribution >= 0.6 is 0 Å². The third-order valence-corrected chi connectivity index (χ3v) is 2.01. The van der Waals surface area contributed by atoms with Crippen LogP contribution in [0, 0.1) is 11.6 Å². The third kappa shape index (κ3) is 2.91. The van der Waals surface area contributed by atoms with Gasteiger partial charge in [-0.2, -0.15) is 0 Å². The molecule has 1 rings (SSSR count). The quantitative estimate of drug-likeness (QED) is 0.742. The summed E-state index contributed by atoms with van der Waals surface area (Å²) in [6.07, 6.45) is -0.123. The molecule has 0 bridgehead atoms. The van der Waals surface area contributed by atoms with Crippen molar-refractivity contribution >= 4 is 0 Å². The van der Waals surface area contributed by atoms with Crippen LogP contribution in [0.15, 0.2) is 12.1 Å². The Morgan fingerprint density at radius 3 is 2.13 bits per heavy atom. The monoisotopic (exact) mass is 214 g/mol. The molecule has 1 aromatic rings. The summed E-state index contributed by atoms with van der Waals surface area (Å²) in [4.78, 5) is 0. The van der Waals surface area contributed by atoms with Crippen LogP contribution in [0.25, 0.3) is 0 Å².